The van der Waals surface area contributed by atoms with Gasteiger partial charge in [-0.2, -0.15) is 0 Å². The van der Waals surface area contributed by atoms with Gasteiger partial charge in [0.15, 0.2) is 0 Å². The summed E-state index contributed by atoms with van der Waals surface area (Å²) in [6.45, 7) is 3.61. The summed E-state index contributed by atoms with van der Waals surface area (Å²) in [6.07, 6.45) is 4.75. The molecule has 0 unspecified atom stereocenters. The van der Waals surface area contributed by atoms with Crippen LogP contribution < -0.4 is 0 Å². The number of hydrogen-bond donors (Lipinski definition) is 0. The van der Waals surface area contributed by atoms with E-state index in [2.05, 4.69) is 6.92 Å². The van der Waals surface area contributed by atoms with Crippen molar-refractivity contribution in [1.82, 2.24) is 0 Å². The second-order valence-electron chi connectivity index (χ2n) is 2.30. The van der Waals surface area contributed by atoms with E-state index in [1.807, 2.05) is 30.3 Å². The lowest BCUT2D eigenvalue weighted by molar-refractivity contribution is 1.27. The largest absolute Gasteiger partial charge is 0.0879 e. The predicted molar refractivity (Wildman–Crippen MR) is 49.7 cm³/mol. The smallest absolute Gasteiger partial charge is 0.0406 e. The van der Waals surface area contributed by atoms with Gasteiger partial charge in [0.05, 0.1) is 0 Å². The van der Waals surface area contributed by atoms with Gasteiger partial charge in [0.2, 0.25) is 0 Å². The van der Waals surface area contributed by atoms with Crippen molar-refractivity contribution < 1.29 is 0 Å². The molecule has 0 aliphatic rings. The molecule has 1 aromatic rings. The van der Waals surface area contributed by atoms with E-state index in [1.54, 1.807) is 6.08 Å². The fourth-order valence-corrected chi connectivity index (χ4v) is 0.966. The van der Waals surface area contributed by atoms with Crippen LogP contribution in [0.25, 0.3) is 0 Å². The normalized spacial score (nSPS) is 10.7. The van der Waals surface area contributed by atoms with Crippen LogP contribution in [0.1, 0.15) is 5.56 Å². The number of halogens is 1. The molecule has 0 saturated carbocycles. The first-order chi connectivity index (χ1) is 5.33. The molecule has 1 heteroatoms. The second-order valence-corrected chi connectivity index (χ2v) is 2.74. The Kier molecular flexibility index (Phi) is 3.18. The van der Waals surface area contributed by atoms with Crippen molar-refractivity contribution in [2.75, 3.05) is 0 Å². The van der Waals surface area contributed by atoms with Crippen molar-refractivity contribution >= 4 is 11.6 Å². The van der Waals surface area contributed by atoms with E-state index in [4.69, 9.17) is 11.6 Å². The monoisotopic (exact) mass is 165 g/mol. The zero-order chi connectivity index (χ0) is 8.10. The summed E-state index contributed by atoms with van der Waals surface area (Å²) in [5, 5.41) is 0.785. The third-order valence-corrected chi connectivity index (χ3v) is 1.69. The highest BCUT2D eigenvalue weighted by atomic mass is 35.5. The van der Waals surface area contributed by atoms with Crippen LogP contribution >= 0.6 is 11.6 Å². The Labute approximate surface area is 72.5 Å². The Hall–Kier alpha value is -0.750. The van der Waals surface area contributed by atoms with Gasteiger partial charge in [-0.05, 0) is 31.0 Å². The van der Waals surface area contributed by atoms with Gasteiger partial charge in [-0.1, -0.05) is 35.9 Å². The molecular weight excluding hydrogens is 156 g/mol. The van der Waals surface area contributed by atoms with Gasteiger partial charge in [0, 0.05) is 5.02 Å². The standard InChI is InChI=1S/C10H10Cl/c1-2-3-4-9-5-7-10(11)8-6-9/h2-3,5-8H,1,4H2/b3-2+. The van der Waals surface area contributed by atoms with Gasteiger partial charge in [-0.25, -0.2) is 0 Å². The lowest BCUT2D eigenvalue weighted by atomic mass is 10.1. The highest BCUT2D eigenvalue weighted by Crippen LogP contribution is 2.09. The molecule has 0 bridgehead atoms. The van der Waals surface area contributed by atoms with Crippen molar-refractivity contribution in [3.63, 3.8) is 0 Å². The summed E-state index contributed by atoms with van der Waals surface area (Å²) in [5.41, 5.74) is 1.26. The van der Waals surface area contributed by atoms with Crippen molar-refractivity contribution in [3.8, 4) is 0 Å². The molecule has 1 radical (unpaired) electrons. The summed E-state index contributed by atoms with van der Waals surface area (Å²) < 4.78 is 0. The molecular formula is C10H10Cl. The first-order valence-corrected chi connectivity index (χ1v) is 3.89. The summed E-state index contributed by atoms with van der Waals surface area (Å²) in [5.74, 6) is 0. The molecule has 11 heavy (non-hydrogen) atoms. The van der Waals surface area contributed by atoms with Gasteiger partial charge in [0.25, 0.3) is 0 Å². The van der Waals surface area contributed by atoms with E-state index in [0.29, 0.717) is 0 Å². The van der Waals surface area contributed by atoms with Crippen molar-refractivity contribution in [2.24, 2.45) is 0 Å². The van der Waals surface area contributed by atoms with Crippen LogP contribution in [-0.2, 0) is 6.42 Å². The molecule has 1 rings (SSSR count). The summed E-state index contributed by atoms with van der Waals surface area (Å²) in [6, 6.07) is 7.83. The van der Waals surface area contributed by atoms with Crippen LogP contribution in [0.2, 0.25) is 5.02 Å². The zero-order valence-corrected chi connectivity index (χ0v) is 7.01. The Balaban J connectivity index is 2.66. The van der Waals surface area contributed by atoms with Gasteiger partial charge in [0.1, 0.15) is 0 Å². The lowest BCUT2D eigenvalue weighted by Crippen LogP contribution is -1.78. The molecule has 0 amide bonds. The van der Waals surface area contributed by atoms with Crippen LogP contribution in [0.5, 0.6) is 0 Å². The van der Waals surface area contributed by atoms with Crippen LogP contribution in [0, 0.1) is 6.92 Å². The average molecular weight is 166 g/mol. The minimum Gasteiger partial charge on any atom is -0.0879 e. The zero-order valence-electron chi connectivity index (χ0n) is 6.26. The summed E-state index contributed by atoms with van der Waals surface area (Å²) in [7, 11) is 0. The maximum atomic E-state index is 5.72. The summed E-state index contributed by atoms with van der Waals surface area (Å²) >= 11 is 5.72. The molecule has 0 saturated heterocycles. The molecule has 0 aliphatic heterocycles. The Morgan fingerprint density at radius 3 is 2.45 bits per heavy atom. The second kappa shape index (κ2) is 4.20. The van der Waals surface area contributed by atoms with Gasteiger partial charge in [-0.15, -0.1) is 0 Å². The van der Waals surface area contributed by atoms with Crippen molar-refractivity contribution in [3.05, 3.63) is 53.9 Å². The highest BCUT2D eigenvalue weighted by Gasteiger charge is 1.88. The maximum absolute atomic E-state index is 5.72. The SMILES string of the molecule is [CH2]/C=C/Cc1ccc(Cl)cc1. The number of benzene rings is 1. The Bertz CT molecular complexity index is 234. The third-order valence-electron chi connectivity index (χ3n) is 1.43. The average Bonchev–Trinajstić information content (AvgIpc) is 2.04. The molecule has 0 spiro atoms. The fraction of sp³-hybridized carbons (Fsp3) is 0.100. The Morgan fingerprint density at radius 1 is 1.27 bits per heavy atom. The summed E-state index contributed by atoms with van der Waals surface area (Å²) in [4.78, 5) is 0. The van der Waals surface area contributed by atoms with Crippen molar-refractivity contribution in [1.29, 1.82) is 0 Å². The molecule has 0 heterocycles. The maximum Gasteiger partial charge on any atom is 0.0406 e. The Morgan fingerprint density at radius 2 is 1.91 bits per heavy atom. The molecule has 0 aliphatic carbocycles. The van der Waals surface area contributed by atoms with E-state index in [9.17, 15) is 0 Å². The van der Waals surface area contributed by atoms with Crippen LogP contribution in [-0.4, -0.2) is 0 Å². The number of hydrogen-bond acceptors (Lipinski definition) is 0. The molecule has 0 nitrogen and oxygen atoms in total. The van der Waals surface area contributed by atoms with Crippen LogP contribution in [0.15, 0.2) is 36.4 Å². The highest BCUT2D eigenvalue weighted by molar-refractivity contribution is 6.30. The van der Waals surface area contributed by atoms with Gasteiger partial charge >= 0.3 is 0 Å². The molecule has 0 atom stereocenters. The predicted octanol–water partition coefficient (Wildman–Crippen LogP) is 3.27. The van der Waals surface area contributed by atoms with E-state index in [-0.39, 0.29) is 0 Å². The van der Waals surface area contributed by atoms with E-state index >= 15 is 0 Å². The van der Waals surface area contributed by atoms with Crippen LogP contribution in [0.3, 0.4) is 0 Å². The first-order valence-electron chi connectivity index (χ1n) is 3.51. The van der Waals surface area contributed by atoms with E-state index in [1.165, 1.54) is 5.56 Å². The first kappa shape index (κ1) is 8.35. The topological polar surface area (TPSA) is 0 Å². The molecule has 0 fully saturated rings. The fourth-order valence-electron chi connectivity index (χ4n) is 0.840. The number of rotatable bonds is 2. The number of allylic oxidation sites excluding steroid dienone is 2. The van der Waals surface area contributed by atoms with Crippen molar-refractivity contribution in [2.45, 2.75) is 6.42 Å². The van der Waals surface area contributed by atoms with E-state index < -0.39 is 0 Å². The van der Waals surface area contributed by atoms with E-state index in [0.717, 1.165) is 11.4 Å². The quantitative estimate of drug-likeness (QED) is 0.631. The van der Waals surface area contributed by atoms with Gasteiger partial charge in [-0.3, -0.25) is 0 Å². The molecule has 0 N–H and O–H groups in total. The minimum absolute atomic E-state index is 0.785. The van der Waals surface area contributed by atoms with Gasteiger partial charge < -0.3 is 0 Å². The molecule has 57 valence electrons. The minimum atomic E-state index is 0.785. The third kappa shape index (κ3) is 2.77. The van der Waals surface area contributed by atoms with Crippen LogP contribution in [0.4, 0.5) is 0 Å². The lowest BCUT2D eigenvalue weighted by Gasteiger charge is -1.94. The molecule has 0 aromatic heterocycles. The molecule has 1 aromatic carbocycles.